The van der Waals surface area contributed by atoms with Crippen molar-refractivity contribution in [3.8, 4) is 5.75 Å². The minimum atomic E-state index is -5.28. The van der Waals surface area contributed by atoms with E-state index >= 15 is 0 Å². The van der Waals surface area contributed by atoms with Crippen LogP contribution in [-0.4, -0.2) is 14.1 Å². The van der Waals surface area contributed by atoms with Gasteiger partial charge < -0.3 is 17.7 Å². The van der Waals surface area contributed by atoms with E-state index in [1.165, 1.54) is 7.11 Å². The number of rotatable bonds is 2. The maximum absolute atomic E-state index is 12.7. The zero-order valence-corrected chi connectivity index (χ0v) is 6.73. The minimum Gasteiger partial charge on any atom is -0.497 e. The predicted molar refractivity (Wildman–Crippen MR) is 41.7 cm³/mol. The predicted octanol–water partition coefficient (Wildman–Crippen LogP) is 1.89. The Labute approximate surface area is 72.4 Å². The average Bonchev–Trinajstić information content (AvgIpc) is 2.01. The Hall–Kier alpha value is -1.20. The van der Waals surface area contributed by atoms with Crippen LogP contribution in [0.4, 0.5) is 17.3 Å². The van der Waals surface area contributed by atoms with Gasteiger partial charge in [-0.3, -0.25) is 0 Å². The molecular formula is C7H6BF4O-. The van der Waals surface area contributed by atoms with Gasteiger partial charge in [0, 0.05) is 6.07 Å². The Morgan fingerprint density at radius 2 is 1.85 bits per heavy atom. The van der Waals surface area contributed by atoms with Crippen LogP contribution in [-0.2, 0) is 0 Å². The van der Waals surface area contributed by atoms with E-state index in [2.05, 4.69) is 4.74 Å². The molecule has 0 spiro atoms. The summed E-state index contributed by atoms with van der Waals surface area (Å²) >= 11 is 0. The summed E-state index contributed by atoms with van der Waals surface area (Å²) in [4.78, 5) is 0. The molecule has 1 aromatic rings. The smallest absolute Gasteiger partial charge is 0.497 e. The molecule has 13 heavy (non-hydrogen) atoms. The molecule has 0 amide bonds. The largest absolute Gasteiger partial charge is 0.512 e. The van der Waals surface area contributed by atoms with Gasteiger partial charge in [-0.2, -0.15) is 0 Å². The minimum absolute atomic E-state index is 0.0706. The molecule has 0 heterocycles. The summed E-state index contributed by atoms with van der Waals surface area (Å²) in [5, 5.41) is 0. The quantitative estimate of drug-likeness (QED) is 0.514. The van der Waals surface area contributed by atoms with Crippen molar-refractivity contribution in [2.75, 3.05) is 7.11 Å². The van der Waals surface area contributed by atoms with Crippen LogP contribution in [0.15, 0.2) is 18.2 Å². The van der Waals surface area contributed by atoms with E-state index < -0.39 is 18.3 Å². The van der Waals surface area contributed by atoms with Crippen LogP contribution in [0, 0.1) is 5.82 Å². The molecule has 0 bridgehead atoms. The first-order valence-corrected chi connectivity index (χ1v) is 3.48. The van der Waals surface area contributed by atoms with Gasteiger partial charge in [-0.15, -0.1) is 0 Å². The highest BCUT2D eigenvalue weighted by molar-refractivity contribution is 6.73. The second kappa shape index (κ2) is 3.28. The Morgan fingerprint density at radius 1 is 1.23 bits per heavy atom. The third-order valence-corrected chi connectivity index (χ3v) is 1.56. The lowest BCUT2D eigenvalue weighted by molar-refractivity contribution is 0.411. The number of hydrogen-bond donors (Lipinski definition) is 0. The van der Waals surface area contributed by atoms with Crippen LogP contribution in [0.2, 0.25) is 0 Å². The zero-order chi connectivity index (χ0) is 10.1. The van der Waals surface area contributed by atoms with Crippen LogP contribution in [0.25, 0.3) is 0 Å². The van der Waals surface area contributed by atoms with Crippen LogP contribution in [0.1, 0.15) is 0 Å². The highest BCUT2D eigenvalue weighted by Crippen LogP contribution is 2.16. The molecule has 0 aliphatic carbocycles. The first-order chi connectivity index (χ1) is 5.95. The molecule has 0 unspecified atom stereocenters. The monoisotopic (exact) mass is 193 g/mol. The van der Waals surface area contributed by atoms with E-state index in [-0.39, 0.29) is 5.75 Å². The Bertz CT molecular complexity index is 310. The lowest BCUT2D eigenvalue weighted by Crippen LogP contribution is -2.36. The maximum Gasteiger partial charge on any atom is 0.512 e. The van der Waals surface area contributed by atoms with E-state index in [1.54, 1.807) is 0 Å². The van der Waals surface area contributed by atoms with E-state index in [1.807, 2.05) is 0 Å². The third kappa shape index (κ3) is 2.14. The standard InChI is InChI=1S/C7H6BF4O/c1-13-5-2-3-6(7(9)4-5)8(10,11)12/h2-4H,1H3/q-1. The van der Waals surface area contributed by atoms with Crippen molar-refractivity contribution >= 4 is 12.4 Å². The fourth-order valence-electron chi connectivity index (χ4n) is 0.900. The Kier molecular flexibility index (Phi) is 2.49. The van der Waals surface area contributed by atoms with Crippen LogP contribution < -0.4 is 10.2 Å². The van der Waals surface area contributed by atoms with Gasteiger partial charge >= 0.3 is 6.98 Å². The molecule has 0 aromatic heterocycles. The van der Waals surface area contributed by atoms with Gasteiger partial charge in [0.15, 0.2) is 0 Å². The van der Waals surface area contributed by atoms with Crippen LogP contribution in [0.3, 0.4) is 0 Å². The molecule has 72 valence electrons. The molecule has 1 rings (SSSR count). The van der Waals surface area contributed by atoms with Crippen molar-refractivity contribution < 1.29 is 22.1 Å². The molecule has 0 aliphatic heterocycles. The lowest BCUT2D eigenvalue weighted by atomic mass is 9.80. The van der Waals surface area contributed by atoms with Gasteiger partial charge in [0.25, 0.3) is 0 Å². The first-order valence-electron chi connectivity index (χ1n) is 3.48. The molecule has 0 N–H and O–H groups in total. The number of hydrogen-bond acceptors (Lipinski definition) is 1. The molecule has 1 aromatic carbocycles. The van der Waals surface area contributed by atoms with Crippen LogP contribution >= 0.6 is 0 Å². The van der Waals surface area contributed by atoms with E-state index in [0.717, 1.165) is 6.07 Å². The lowest BCUT2D eigenvalue weighted by Gasteiger charge is -2.15. The maximum atomic E-state index is 12.7. The summed E-state index contributed by atoms with van der Waals surface area (Å²) in [7, 11) is 1.26. The van der Waals surface area contributed by atoms with E-state index in [0.29, 0.717) is 12.1 Å². The van der Waals surface area contributed by atoms with E-state index in [4.69, 9.17) is 0 Å². The average molecular weight is 193 g/mol. The molecule has 0 radical (unpaired) electrons. The molecule has 0 aliphatic rings. The SMILES string of the molecule is COc1ccc([B-](F)(F)F)c(F)c1. The zero-order valence-electron chi connectivity index (χ0n) is 6.73. The fourth-order valence-corrected chi connectivity index (χ4v) is 0.900. The van der Waals surface area contributed by atoms with Gasteiger partial charge in [-0.25, -0.2) is 4.39 Å². The summed E-state index contributed by atoms with van der Waals surface area (Å²) in [5.74, 6) is -1.23. The summed E-state index contributed by atoms with van der Waals surface area (Å²) in [6.07, 6.45) is 0. The second-order valence-electron chi connectivity index (χ2n) is 2.46. The molecule has 1 nitrogen and oxygen atoms in total. The van der Waals surface area contributed by atoms with Crippen molar-refractivity contribution in [1.29, 1.82) is 0 Å². The van der Waals surface area contributed by atoms with Crippen molar-refractivity contribution in [3.63, 3.8) is 0 Å². The van der Waals surface area contributed by atoms with Gasteiger partial charge in [-0.05, 0) is 6.07 Å². The molecule has 0 saturated carbocycles. The second-order valence-corrected chi connectivity index (χ2v) is 2.46. The summed E-state index contributed by atoms with van der Waals surface area (Å²) in [6.45, 7) is -5.28. The van der Waals surface area contributed by atoms with Gasteiger partial charge in [0.2, 0.25) is 0 Å². The van der Waals surface area contributed by atoms with Crippen molar-refractivity contribution in [3.05, 3.63) is 24.0 Å². The molecule has 0 fully saturated rings. The highest BCUT2D eigenvalue weighted by Gasteiger charge is 2.28. The number of methoxy groups -OCH3 is 1. The van der Waals surface area contributed by atoms with Gasteiger partial charge in [-0.1, -0.05) is 11.5 Å². The molecule has 0 saturated heterocycles. The summed E-state index contributed by atoms with van der Waals surface area (Å²) in [5.41, 5.74) is -1.22. The molecule has 6 heteroatoms. The van der Waals surface area contributed by atoms with Crippen molar-refractivity contribution in [2.45, 2.75) is 0 Å². The topological polar surface area (TPSA) is 9.23 Å². The van der Waals surface area contributed by atoms with Crippen LogP contribution in [0.5, 0.6) is 5.75 Å². The van der Waals surface area contributed by atoms with Crippen molar-refractivity contribution in [1.82, 2.24) is 0 Å². The summed E-state index contributed by atoms with van der Waals surface area (Å²) < 4.78 is 53.5. The first kappa shape index (κ1) is 9.89. The van der Waals surface area contributed by atoms with Crippen molar-refractivity contribution in [2.24, 2.45) is 0 Å². The van der Waals surface area contributed by atoms with Gasteiger partial charge in [0.05, 0.1) is 12.9 Å². The normalized spacial score (nSPS) is 11.5. The third-order valence-electron chi connectivity index (χ3n) is 1.56. The van der Waals surface area contributed by atoms with Gasteiger partial charge in [0.1, 0.15) is 5.75 Å². The fraction of sp³-hybridized carbons (Fsp3) is 0.143. The molecule has 0 atom stereocenters. The highest BCUT2D eigenvalue weighted by atomic mass is 19.4. The number of benzene rings is 1. The Balaban J connectivity index is 3.13. The number of halogens is 4. The summed E-state index contributed by atoms with van der Waals surface area (Å²) in [6, 6.07) is 2.46. The number of ether oxygens (including phenoxy) is 1. The molecular weight excluding hydrogens is 187 g/mol. The Morgan fingerprint density at radius 3 is 2.23 bits per heavy atom. The van der Waals surface area contributed by atoms with E-state index in [9.17, 15) is 17.3 Å².